The molecule has 0 spiro atoms. The second-order valence-electron chi connectivity index (χ2n) is 5.41. The van der Waals surface area contributed by atoms with Crippen LogP contribution in [0.15, 0.2) is 35.2 Å². The number of alkyl halides is 1. The van der Waals surface area contributed by atoms with Crippen molar-refractivity contribution in [3.05, 3.63) is 41.9 Å². The van der Waals surface area contributed by atoms with Crippen LogP contribution in [0.1, 0.15) is 24.4 Å². The Morgan fingerprint density at radius 3 is 2.44 bits per heavy atom. The Bertz CT molecular complexity index is 834. The third kappa shape index (κ3) is 5.68. The van der Waals surface area contributed by atoms with Gasteiger partial charge >= 0.3 is 0 Å². The molecule has 0 radical (unpaired) electrons. The van der Waals surface area contributed by atoms with Crippen molar-refractivity contribution >= 4 is 39.0 Å². The molecule has 1 amide bonds. The highest BCUT2D eigenvalue weighted by molar-refractivity contribution is 7.92. The maximum atomic E-state index is 12.4. The van der Waals surface area contributed by atoms with Gasteiger partial charge in [0.2, 0.25) is 5.91 Å². The van der Waals surface area contributed by atoms with Gasteiger partial charge in [-0.3, -0.25) is 9.52 Å². The molecule has 0 fully saturated rings. The van der Waals surface area contributed by atoms with E-state index >= 15 is 0 Å². The van der Waals surface area contributed by atoms with E-state index in [1.807, 2.05) is 0 Å². The summed E-state index contributed by atoms with van der Waals surface area (Å²) in [5.74, 6) is 0.940. The van der Waals surface area contributed by atoms with E-state index in [2.05, 4.69) is 20.0 Å². The van der Waals surface area contributed by atoms with Crippen molar-refractivity contribution in [2.24, 2.45) is 0 Å². The van der Waals surface area contributed by atoms with Crippen LogP contribution in [0.4, 0.5) is 11.5 Å². The summed E-state index contributed by atoms with van der Waals surface area (Å²) in [4.78, 5) is 19.9. The number of hydrogen-bond donors (Lipinski definition) is 2. The van der Waals surface area contributed by atoms with Gasteiger partial charge < -0.3 is 5.32 Å². The molecular formula is C16H19ClN4O3S. The van der Waals surface area contributed by atoms with E-state index in [4.69, 9.17) is 11.6 Å². The minimum Gasteiger partial charge on any atom is -0.326 e. The number of carbonyl (C=O) groups excluding carboxylic acids is 1. The van der Waals surface area contributed by atoms with Crippen LogP contribution in [-0.2, 0) is 14.8 Å². The fourth-order valence-corrected chi connectivity index (χ4v) is 3.26. The Labute approximate surface area is 151 Å². The summed E-state index contributed by atoms with van der Waals surface area (Å²) in [5.41, 5.74) is 1.19. The molecule has 25 heavy (non-hydrogen) atoms. The topological polar surface area (TPSA) is 101 Å². The number of benzene rings is 1. The maximum Gasteiger partial charge on any atom is 0.263 e. The van der Waals surface area contributed by atoms with Gasteiger partial charge in [0.05, 0.1) is 4.90 Å². The summed E-state index contributed by atoms with van der Waals surface area (Å²) in [6.07, 6.45) is 0.902. The predicted octanol–water partition coefficient (Wildman–Crippen LogP) is 2.85. The van der Waals surface area contributed by atoms with E-state index in [-0.39, 0.29) is 16.6 Å². The smallest absolute Gasteiger partial charge is 0.263 e. The molecule has 0 unspecified atom stereocenters. The molecule has 0 saturated heterocycles. The molecule has 0 aliphatic rings. The molecule has 0 atom stereocenters. The van der Waals surface area contributed by atoms with Gasteiger partial charge in [-0.15, -0.1) is 11.6 Å². The van der Waals surface area contributed by atoms with Gasteiger partial charge in [-0.1, -0.05) is 0 Å². The van der Waals surface area contributed by atoms with Gasteiger partial charge in [-0.05, 0) is 44.5 Å². The molecule has 0 aliphatic heterocycles. The Balaban J connectivity index is 2.10. The lowest BCUT2D eigenvalue weighted by atomic mass is 10.3. The number of carbonyl (C=O) groups is 1. The predicted molar refractivity (Wildman–Crippen MR) is 97.3 cm³/mol. The minimum absolute atomic E-state index is 0.0696. The average Bonchev–Trinajstić information content (AvgIpc) is 2.52. The van der Waals surface area contributed by atoms with E-state index in [9.17, 15) is 13.2 Å². The quantitative estimate of drug-likeness (QED) is 0.717. The van der Waals surface area contributed by atoms with Gasteiger partial charge in [0.25, 0.3) is 10.0 Å². The molecule has 0 bridgehead atoms. The normalized spacial score (nSPS) is 11.2. The van der Waals surface area contributed by atoms with Crippen LogP contribution >= 0.6 is 11.6 Å². The monoisotopic (exact) mass is 382 g/mol. The highest BCUT2D eigenvalue weighted by Gasteiger charge is 2.15. The van der Waals surface area contributed by atoms with E-state index < -0.39 is 10.0 Å². The van der Waals surface area contributed by atoms with Gasteiger partial charge in [0.15, 0.2) is 0 Å². The van der Waals surface area contributed by atoms with Crippen LogP contribution in [-0.4, -0.2) is 30.2 Å². The largest absolute Gasteiger partial charge is 0.326 e. The summed E-state index contributed by atoms with van der Waals surface area (Å²) >= 11 is 5.54. The van der Waals surface area contributed by atoms with Crippen LogP contribution in [0.3, 0.4) is 0 Å². The molecule has 2 aromatic rings. The number of nitrogens with zero attached hydrogens (tertiary/aromatic N) is 2. The van der Waals surface area contributed by atoms with Crippen molar-refractivity contribution in [3.63, 3.8) is 0 Å². The summed E-state index contributed by atoms with van der Waals surface area (Å²) in [6.45, 7) is 3.45. The molecule has 1 aromatic carbocycles. The number of nitrogens with one attached hydrogen (secondary N) is 2. The Morgan fingerprint density at radius 2 is 1.84 bits per heavy atom. The highest BCUT2D eigenvalue weighted by Crippen LogP contribution is 2.18. The van der Waals surface area contributed by atoms with Crippen LogP contribution in [0, 0.1) is 13.8 Å². The van der Waals surface area contributed by atoms with Crippen LogP contribution in [0.2, 0.25) is 0 Å². The van der Waals surface area contributed by atoms with Crippen molar-refractivity contribution in [1.29, 1.82) is 0 Å². The van der Waals surface area contributed by atoms with Gasteiger partial charge in [-0.25, -0.2) is 18.4 Å². The van der Waals surface area contributed by atoms with Crippen molar-refractivity contribution < 1.29 is 13.2 Å². The fourth-order valence-electron chi connectivity index (χ4n) is 2.13. The standard InChI is InChI=1S/C16H19ClN4O3S/c1-11-10-15(19-12(2)18-11)21-25(23,24)14-7-5-13(6-8-14)20-16(22)4-3-9-17/h5-8,10H,3-4,9H2,1-2H3,(H,20,22)(H,18,19,21). The molecule has 2 rings (SSSR count). The third-order valence-electron chi connectivity index (χ3n) is 3.19. The van der Waals surface area contributed by atoms with Crippen LogP contribution < -0.4 is 10.0 Å². The maximum absolute atomic E-state index is 12.4. The Kier molecular flexibility index (Phi) is 6.33. The van der Waals surface area contributed by atoms with Crippen molar-refractivity contribution in [2.75, 3.05) is 15.9 Å². The van der Waals surface area contributed by atoms with Crippen LogP contribution in [0.25, 0.3) is 0 Å². The molecule has 0 saturated carbocycles. The molecule has 2 N–H and O–H groups in total. The molecule has 0 aliphatic carbocycles. The van der Waals surface area contributed by atoms with Crippen molar-refractivity contribution in [3.8, 4) is 0 Å². The number of amides is 1. The van der Waals surface area contributed by atoms with E-state index in [0.717, 1.165) is 0 Å². The summed E-state index contributed by atoms with van der Waals surface area (Å²) < 4.78 is 27.3. The molecule has 134 valence electrons. The highest BCUT2D eigenvalue weighted by atomic mass is 35.5. The average molecular weight is 383 g/mol. The van der Waals surface area contributed by atoms with E-state index in [0.29, 0.717) is 35.9 Å². The molecular weight excluding hydrogens is 364 g/mol. The number of rotatable bonds is 7. The second kappa shape index (κ2) is 8.26. The lowest BCUT2D eigenvalue weighted by Crippen LogP contribution is -2.15. The number of halogens is 1. The first-order chi connectivity index (χ1) is 11.8. The number of aryl methyl sites for hydroxylation is 2. The zero-order chi connectivity index (χ0) is 18.4. The van der Waals surface area contributed by atoms with E-state index in [1.54, 1.807) is 19.9 Å². The zero-order valence-electron chi connectivity index (χ0n) is 13.9. The zero-order valence-corrected chi connectivity index (χ0v) is 15.5. The third-order valence-corrected chi connectivity index (χ3v) is 4.83. The first-order valence-corrected chi connectivity index (χ1v) is 9.63. The number of sulfonamides is 1. The summed E-state index contributed by atoms with van der Waals surface area (Å²) in [7, 11) is -3.78. The van der Waals surface area contributed by atoms with Crippen molar-refractivity contribution in [1.82, 2.24) is 9.97 Å². The lowest BCUT2D eigenvalue weighted by molar-refractivity contribution is -0.116. The second-order valence-corrected chi connectivity index (χ2v) is 7.47. The summed E-state index contributed by atoms with van der Waals surface area (Å²) in [5, 5.41) is 2.69. The Hall–Kier alpha value is -2.19. The molecule has 7 nitrogen and oxygen atoms in total. The number of anilines is 2. The lowest BCUT2D eigenvalue weighted by Gasteiger charge is -2.10. The minimum atomic E-state index is -3.78. The van der Waals surface area contributed by atoms with Crippen LogP contribution in [0.5, 0.6) is 0 Å². The molecule has 9 heteroatoms. The SMILES string of the molecule is Cc1cc(NS(=O)(=O)c2ccc(NC(=O)CCCCl)cc2)nc(C)n1. The number of hydrogen-bond acceptors (Lipinski definition) is 5. The Morgan fingerprint density at radius 1 is 1.16 bits per heavy atom. The van der Waals surface area contributed by atoms with Gasteiger partial charge in [-0.2, -0.15) is 0 Å². The fraction of sp³-hybridized carbons (Fsp3) is 0.312. The van der Waals surface area contributed by atoms with Crippen molar-refractivity contribution in [2.45, 2.75) is 31.6 Å². The first kappa shape index (κ1) is 19.1. The van der Waals surface area contributed by atoms with Gasteiger partial charge in [0, 0.05) is 29.7 Å². The molecule has 1 heterocycles. The number of aromatic nitrogens is 2. The van der Waals surface area contributed by atoms with E-state index in [1.165, 1.54) is 24.3 Å². The van der Waals surface area contributed by atoms with Gasteiger partial charge in [0.1, 0.15) is 11.6 Å². The molecule has 1 aromatic heterocycles. The summed E-state index contributed by atoms with van der Waals surface area (Å²) in [6, 6.07) is 7.45. The first-order valence-electron chi connectivity index (χ1n) is 7.61.